The number of hydrogen-bond acceptors (Lipinski definition) is 2. The molecule has 0 aliphatic heterocycles. The molecule has 0 amide bonds. The van der Waals surface area contributed by atoms with E-state index >= 15 is 0 Å². The van der Waals surface area contributed by atoms with Gasteiger partial charge in [0.2, 0.25) is 0 Å². The second-order valence-corrected chi connectivity index (χ2v) is 5.81. The Morgan fingerprint density at radius 2 is 2.00 bits per heavy atom. The monoisotopic (exact) mass is 226 g/mol. The van der Waals surface area contributed by atoms with Gasteiger partial charge in [0.05, 0.1) is 0 Å². The molecule has 0 unspecified atom stereocenters. The first-order valence-electron chi connectivity index (χ1n) is 4.19. The fraction of sp³-hybridized carbons (Fsp3) is 1.00. The fourth-order valence-corrected chi connectivity index (χ4v) is 2.65. The molecule has 1 aliphatic carbocycles. The zero-order valence-corrected chi connectivity index (χ0v) is 9.45. The SMILES string of the molecule is CN(C)S(=O)(=O)NC1(CCl)CCC1. The Morgan fingerprint density at radius 3 is 2.23 bits per heavy atom. The maximum atomic E-state index is 11.5. The lowest BCUT2D eigenvalue weighted by atomic mass is 9.79. The van der Waals surface area contributed by atoms with E-state index in [2.05, 4.69) is 4.72 Å². The van der Waals surface area contributed by atoms with Crippen LogP contribution in [0.15, 0.2) is 0 Å². The van der Waals surface area contributed by atoms with Crippen molar-refractivity contribution in [2.24, 2.45) is 0 Å². The van der Waals surface area contributed by atoms with Gasteiger partial charge in [-0.05, 0) is 19.3 Å². The van der Waals surface area contributed by atoms with Crippen LogP contribution in [0.4, 0.5) is 0 Å². The minimum Gasteiger partial charge on any atom is -0.195 e. The summed E-state index contributed by atoms with van der Waals surface area (Å²) in [6.45, 7) is 0. The summed E-state index contributed by atoms with van der Waals surface area (Å²) in [7, 11) is -0.324. The third-order valence-electron chi connectivity index (χ3n) is 2.39. The van der Waals surface area contributed by atoms with E-state index in [0.717, 1.165) is 19.3 Å². The Labute approximate surface area is 84.4 Å². The predicted octanol–water partition coefficient (Wildman–Crippen LogP) is 0.544. The molecule has 1 fully saturated rings. The highest BCUT2D eigenvalue weighted by Gasteiger charge is 2.40. The summed E-state index contributed by atoms with van der Waals surface area (Å²) in [6, 6.07) is 0. The van der Waals surface area contributed by atoms with Crippen molar-refractivity contribution in [2.75, 3.05) is 20.0 Å². The highest BCUT2D eigenvalue weighted by Crippen LogP contribution is 2.33. The summed E-state index contributed by atoms with van der Waals surface area (Å²) >= 11 is 5.73. The molecule has 78 valence electrons. The van der Waals surface area contributed by atoms with Crippen LogP contribution in [-0.4, -0.2) is 38.2 Å². The molecule has 4 nitrogen and oxygen atoms in total. The van der Waals surface area contributed by atoms with Gasteiger partial charge in [0, 0.05) is 25.5 Å². The molecule has 0 saturated heterocycles. The maximum absolute atomic E-state index is 11.5. The van der Waals surface area contributed by atoms with Crippen LogP contribution >= 0.6 is 11.6 Å². The third-order valence-corrected chi connectivity index (χ3v) is 4.56. The summed E-state index contributed by atoms with van der Waals surface area (Å²) in [4.78, 5) is 0. The topological polar surface area (TPSA) is 49.4 Å². The first-order valence-corrected chi connectivity index (χ1v) is 6.17. The van der Waals surface area contributed by atoms with Crippen LogP contribution in [0.1, 0.15) is 19.3 Å². The van der Waals surface area contributed by atoms with E-state index in [1.807, 2.05) is 0 Å². The minimum absolute atomic E-state index is 0.347. The van der Waals surface area contributed by atoms with Gasteiger partial charge in [0.15, 0.2) is 0 Å². The van der Waals surface area contributed by atoms with Crippen molar-refractivity contribution >= 4 is 21.8 Å². The third kappa shape index (κ3) is 2.34. The minimum atomic E-state index is -3.33. The van der Waals surface area contributed by atoms with Gasteiger partial charge in [-0.25, -0.2) is 0 Å². The van der Waals surface area contributed by atoms with E-state index in [1.165, 1.54) is 18.4 Å². The molecule has 0 radical (unpaired) electrons. The average Bonchev–Trinajstić information content (AvgIpc) is 1.96. The standard InChI is InChI=1S/C7H15ClN2O2S/c1-10(2)13(11,12)9-7(6-8)4-3-5-7/h9H,3-6H2,1-2H3. The molecular formula is C7H15ClN2O2S. The summed E-state index contributed by atoms with van der Waals surface area (Å²) in [5, 5.41) is 0. The molecule has 1 rings (SSSR count). The van der Waals surface area contributed by atoms with Crippen LogP contribution < -0.4 is 4.72 Å². The molecule has 0 bridgehead atoms. The average molecular weight is 227 g/mol. The molecule has 1 saturated carbocycles. The Kier molecular flexibility index (Phi) is 3.22. The molecular weight excluding hydrogens is 212 g/mol. The van der Waals surface area contributed by atoms with Gasteiger partial charge in [-0.1, -0.05) is 0 Å². The smallest absolute Gasteiger partial charge is 0.195 e. The molecule has 0 aromatic heterocycles. The molecule has 13 heavy (non-hydrogen) atoms. The largest absolute Gasteiger partial charge is 0.279 e. The van der Waals surface area contributed by atoms with E-state index in [0.29, 0.717) is 5.88 Å². The molecule has 0 spiro atoms. The van der Waals surface area contributed by atoms with Crippen molar-refractivity contribution in [1.82, 2.24) is 9.03 Å². The number of halogens is 1. The normalized spacial score (nSPS) is 21.5. The van der Waals surface area contributed by atoms with E-state index in [9.17, 15) is 8.42 Å². The molecule has 1 aliphatic rings. The predicted molar refractivity (Wildman–Crippen MR) is 53.0 cm³/mol. The van der Waals surface area contributed by atoms with Crippen LogP contribution in [0.25, 0.3) is 0 Å². The van der Waals surface area contributed by atoms with E-state index in [1.54, 1.807) is 0 Å². The Hall–Kier alpha value is 0.160. The van der Waals surface area contributed by atoms with Crippen molar-refractivity contribution in [1.29, 1.82) is 0 Å². The van der Waals surface area contributed by atoms with Gasteiger partial charge in [0.25, 0.3) is 10.2 Å². The number of alkyl halides is 1. The quantitative estimate of drug-likeness (QED) is 0.712. The van der Waals surface area contributed by atoms with Crippen molar-refractivity contribution in [3.63, 3.8) is 0 Å². The zero-order valence-electron chi connectivity index (χ0n) is 7.88. The molecule has 1 N–H and O–H groups in total. The molecule has 0 atom stereocenters. The van der Waals surface area contributed by atoms with E-state index < -0.39 is 10.2 Å². The van der Waals surface area contributed by atoms with E-state index in [4.69, 9.17) is 11.6 Å². The summed E-state index contributed by atoms with van der Waals surface area (Å²) in [5.41, 5.74) is -0.384. The van der Waals surface area contributed by atoms with Crippen molar-refractivity contribution in [3.8, 4) is 0 Å². The fourth-order valence-electron chi connectivity index (χ4n) is 1.23. The van der Waals surface area contributed by atoms with Gasteiger partial charge in [-0.3, -0.25) is 0 Å². The molecule has 0 aromatic rings. The second-order valence-electron chi connectivity index (χ2n) is 3.66. The van der Waals surface area contributed by atoms with Crippen LogP contribution in [0.5, 0.6) is 0 Å². The van der Waals surface area contributed by atoms with Gasteiger partial charge < -0.3 is 0 Å². The Balaban J connectivity index is 2.67. The highest BCUT2D eigenvalue weighted by atomic mass is 35.5. The summed E-state index contributed by atoms with van der Waals surface area (Å²) in [5.74, 6) is 0.347. The number of rotatable bonds is 4. The first-order chi connectivity index (χ1) is 5.92. The van der Waals surface area contributed by atoms with Gasteiger partial charge in [-0.2, -0.15) is 17.4 Å². The molecule has 6 heteroatoms. The van der Waals surface area contributed by atoms with Crippen molar-refractivity contribution in [2.45, 2.75) is 24.8 Å². The zero-order chi connectivity index (χ0) is 10.1. The lowest BCUT2D eigenvalue weighted by Gasteiger charge is -2.41. The lowest BCUT2D eigenvalue weighted by molar-refractivity contribution is 0.248. The number of nitrogens with one attached hydrogen (secondary N) is 1. The van der Waals surface area contributed by atoms with Crippen molar-refractivity contribution in [3.05, 3.63) is 0 Å². The molecule has 0 heterocycles. The maximum Gasteiger partial charge on any atom is 0.279 e. The van der Waals surface area contributed by atoms with Crippen LogP contribution in [0, 0.1) is 0 Å². The van der Waals surface area contributed by atoms with Crippen LogP contribution in [-0.2, 0) is 10.2 Å². The molecule has 0 aromatic carbocycles. The Morgan fingerprint density at radius 1 is 1.46 bits per heavy atom. The van der Waals surface area contributed by atoms with Crippen molar-refractivity contribution < 1.29 is 8.42 Å². The van der Waals surface area contributed by atoms with Gasteiger partial charge in [0.1, 0.15) is 0 Å². The summed E-state index contributed by atoms with van der Waals surface area (Å²) in [6.07, 6.45) is 2.72. The van der Waals surface area contributed by atoms with Gasteiger partial charge in [-0.15, -0.1) is 11.6 Å². The van der Waals surface area contributed by atoms with Gasteiger partial charge >= 0.3 is 0 Å². The first kappa shape index (κ1) is 11.2. The lowest BCUT2D eigenvalue weighted by Crippen LogP contribution is -2.57. The Bertz CT molecular complexity index is 267. The number of hydrogen-bond donors (Lipinski definition) is 1. The van der Waals surface area contributed by atoms with E-state index in [-0.39, 0.29) is 5.54 Å². The summed E-state index contributed by atoms with van der Waals surface area (Å²) < 4.78 is 26.7. The van der Waals surface area contributed by atoms with Crippen LogP contribution in [0.3, 0.4) is 0 Å². The second kappa shape index (κ2) is 3.73. The van der Waals surface area contributed by atoms with Crippen LogP contribution in [0.2, 0.25) is 0 Å². The highest BCUT2D eigenvalue weighted by molar-refractivity contribution is 7.87. The number of nitrogens with zero attached hydrogens (tertiary/aromatic N) is 1.